The van der Waals surface area contributed by atoms with Gasteiger partial charge < -0.3 is 9.47 Å². The molecule has 2 heteroatoms. The van der Waals surface area contributed by atoms with Gasteiger partial charge in [-0.2, -0.15) is 0 Å². The number of fused-ring (bicyclic) bond motifs is 1. The molecule has 1 aliphatic rings. The molecule has 2 aromatic carbocycles. The van der Waals surface area contributed by atoms with Gasteiger partial charge in [-0.3, -0.25) is 0 Å². The molecule has 0 bridgehead atoms. The van der Waals surface area contributed by atoms with E-state index in [0.29, 0.717) is 5.92 Å². The van der Waals surface area contributed by atoms with Crippen molar-refractivity contribution < 1.29 is 9.47 Å². The van der Waals surface area contributed by atoms with Crippen molar-refractivity contribution in [3.8, 4) is 11.5 Å². The maximum absolute atomic E-state index is 6.06. The molecular weight excluding hydrogens is 260 g/mol. The van der Waals surface area contributed by atoms with Crippen molar-refractivity contribution in [1.82, 2.24) is 0 Å². The van der Waals surface area contributed by atoms with E-state index in [-0.39, 0.29) is 0 Å². The average molecular weight is 282 g/mol. The summed E-state index contributed by atoms with van der Waals surface area (Å²) in [7, 11) is 0. The molecule has 2 nitrogen and oxygen atoms in total. The van der Waals surface area contributed by atoms with Crippen molar-refractivity contribution >= 4 is 0 Å². The Kier molecular flexibility index (Phi) is 3.40. The Hall–Kier alpha value is -1.96. The van der Waals surface area contributed by atoms with Crippen LogP contribution in [0, 0.1) is 12.8 Å². The molecule has 0 unspecified atom stereocenters. The maximum atomic E-state index is 6.06. The molecule has 1 atom stereocenters. The first-order chi connectivity index (χ1) is 9.96. The quantitative estimate of drug-likeness (QED) is 0.802. The number of hydrogen-bond donors (Lipinski definition) is 0. The van der Waals surface area contributed by atoms with Crippen molar-refractivity contribution in [2.24, 2.45) is 5.92 Å². The third kappa shape index (κ3) is 2.76. The zero-order valence-corrected chi connectivity index (χ0v) is 13.1. The van der Waals surface area contributed by atoms with Crippen LogP contribution in [0.2, 0.25) is 0 Å². The SMILES string of the molecule is Cc1ccc2c(c1)O[C@@](C)(c1ccc(CC(C)C)cc1)O2. The van der Waals surface area contributed by atoms with Crippen LogP contribution in [0.3, 0.4) is 0 Å². The van der Waals surface area contributed by atoms with Gasteiger partial charge in [0.05, 0.1) is 0 Å². The highest BCUT2D eigenvalue weighted by Gasteiger charge is 2.38. The van der Waals surface area contributed by atoms with Gasteiger partial charge in [0.15, 0.2) is 11.5 Å². The Labute approximate surface area is 126 Å². The van der Waals surface area contributed by atoms with Gasteiger partial charge in [-0.25, -0.2) is 0 Å². The normalized spacial score (nSPS) is 20.0. The van der Waals surface area contributed by atoms with Gasteiger partial charge in [0.1, 0.15) is 0 Å². The van der Waals surface area contributed by atoms with E-state index in [1.54, 1.807) is 0 Å². The molecule has 3 rings (SSSR count). The van der Waals surface area contributed by atoms with Gasteiger partial charge in [-0.05, 0) is 42.5 Å². The van der Waals surface area contributed by atoms with E-state index < -0.39 is 5.79 Å². The number of rotatable bonds is 3. The van der Waals surface area contributed by atoms with Crippen molar-refractivity contribution in [1.29, 1.82) is 0 Å². The number of hydrogen-bond acceptors (Lipinski definition) is 2. The van der Waals surface area contributed by atoms with E-state index in [1.807, 2.05) is 25.1 Å². The lowest BCUT2D eigenvalue weighted by molar-refractivity contribution is -0.0680. The molecule has 0 amide bonds. The van der Waals surface area contributed by atoms with Crippen molar-refractivity contribution in [2.75, 3.05) is 0 Å². The molecular formula is C19H22O2. The van der Waals surface area contributed by atoms with Gasteiger partial charge in [0, 0.05) is 12.5 Å². The maximum Gasteiger partial charge on any atom is 0.275 e. The standard InChI is InChI=1S/C19H22O2/c1-13(2)11-15-6-8-16(9-7-15)19(4)20-17-10-5-14(3)12-18(17)21-19/h5-10,12-13H,11H2,1-4H3/t19-/m0/s1. The first-order valence-corrected chi connectivity index (χ1v) is 7.54. The molecule has 0 saturated carbocycles. The molecule has 0 aromatic heterocycles. The van der Waals surface area contributed by atoms with E-state index in [9.17, 15) is 0 Å². The second kappa shape index (κ2) is 5.10. The third-order valence-electron chi connectivity index (χ3n) is 3.83. The molecule has 0 radical (unpaired) electrons. The van der Waals surface area contributed by atoms with Crippen LogP contribution in [0.1, 0.15) is 37.5 Å². The minimum absolute atomic E-state index is 0.664. The summed E-state index contributed by atoms with van der Waals surface area (Å²) in [5, 5.41) is 0. The zero-order valence-electron chi connectivity index (χ0n) is 13.1. The lowest BCUT2D eigenvalue weighted by Gasteiger charge is -2.23. The summed E-state index contributed by atoms with van der Waals surface area (Å²) in [5.74, 6) is 1.57. The van der Waals surface area contributed by atoms with Crippen LogP contribution in [0.25, 0.3) is 0 Å². The Bertz CT molecular complexity index is 643. The highest BCUT2D eigenvalue weighted by molar-refractivity contribution is 5.47. The van der Waals surface area contributed by atoms with Gasteiger partial charge in [0.25, 0.3) is 5.79 Å². The summed E-state index contributed by atoms with van der Waals surface area (Å²) in [5.41, 5.74) is 3.57. The van der Waals surface area contributed by atoms with Crippen molar-refractivity contribution in [2.45, 2.75) is 39.9 Å². The second-order valence-electron chi connectivity index (χ2n) is 6.39. The smallest absolute Gasteiger partial charge is 0.275 e. The fourth-order valence-corrected chi connectivity index (χ4v) is 2.75. The van der Waals surface area contributed by atoms with Gasteiger partial charge in [-0.1, -0.05) is 44.2 Å². The van der Waals surface area contributed by atoms with Crippen molar-refractivity contribution in [3.05, 3.63) is 59.2 Å². The van der Waals surface area contributed by atoms with Crippen LogP contribution < -0.4 is 9.47 Å². The molecule has 0 spiro atoms. The lowest BCUT2D eigenvalue weighted by Crippen LogP contribution is -2.31. The zero-order chi connectivity index (χ0) is 15.0. The van der Waals surface area contributed by atoms with Crippen LogP contribution >= 0.6 is 0 Å². The highest BCUT2D eigenvalue weighted by Crippen LogP contribution is 2.44. The molecule has 1 heterocycles. The Morgan fingerprint density at radius 2 is 1.62 bits per heavy atom. The summed E-state index contributed by atoms with van der Waals surface area (Å²) >= 11 is 0. The molecule has 1 aliphatic heterocycles. The fourth-order valence-electron chi connectivity index (χ4n) is 2.75. The summed E-state index contributed by atoms with van der Waals surface area (Å²) in [6.07, 6.45) is 1.10. The number of aryl methyl sites for hydroxylation is 1. The van der Waals surface area contributed by atoms with Crippen molar-refractivity contribution in [3.63, 3.8) is 0 Å². The lowest BCUT2D eigenvalue weighted by atomic mass is 9.99. The molecule has 110 valence electrons. The number of benzene rings is 2. The Morgan fingerprint density at radius 1 is 0.952 bits per heavy atom. The highest BCUT2D eigenvalue weighted by atomic mass is 16.7. The first-order valence-electron chi connectivity index (χ1n) is 7.54. The summed E-state index contributed by atoms with van der Waals surface area (Å²) in [6.45, 7) is 8.49. The Morgan fingerprint density at radius 3 is 2.29 bits per heavy atom. The van der Waals surface area contributed by atoms with E-state index in [1.165, 1.54) is 11.1 Å². The summed E-state index contributed by atoms with van der Waals surface area (Å²) in [6, 6.07) is 14.6. The second-order valence-corrected chi connectivity index (χ2v) is 6.39. The van der Waals surface area contributed by atoms with Gasteiger partial charge in [-0.15, -0.1) is 0 Å². The minimum atomic E-state index is -0.730. The van der Waals surface area contributed by atoms with E-state index >= 15 is 0 Å². The fraction of sp³-hybridized carbons (Fsp3) is 0.368. The summed E-state index contributed by atoms with van der Waals surface area (Å²) < 4.78 is 12.1. The molecule has 2 aromatic rings. The van der Waals surface area contributed by atoms with Crippen LogP contribution in [-0.2, 0) is 12.2 Å². The van der Waals surface area contributed by atoms with Gasteiger partial charge >= 0.3 is 0 Å². The molecule has 0 saturated heterocycles. The first kappa shape index (κ1) is 14.0. The Balaban J connectivity index is 1.84. The minimum Gasteiger partial charge on any atom is -0.445 e. The van der Waals surface area contributed by atoms with Crippen LogP contribution in [0.4, 0.5) is 0 Å². The van der Waals surface area contributed by atoms with Crippen LogP contribution in [0.5, 0.6) is 11.5 Å². The summed E-state index contributed by atoms with van der Waals surface area (Å²) in [4.78, 5) is 0. The molecule has 0 N–H and O–H groups in total. The number of ether oxygens (including phenoxy) is 2. The largest absolute Gasteiger partial charge is 0.445 e. The van der Waals surface area contributed by atoms with Crippen LogP contribution in [0.15, 0.2) is 42.5 Å². The average Bonchev–Trinajstić information content (AvgIpc) is 2.75. The van der Waals surface area contributed by atoms with E-state index in [0.717, 1.165) is 23.5 Å². The van der Waals surface area contributed by atoms with E-state index in [2.05, 4.69) is 45.0 Å². The predicted octanol–water partition coefficient (Wildman–Crippen LogP) is 4.84. The monoisotopic (exact) mass is 282 g/mol. The van der Waals surface area contributed by atoms with E-state index in [4.69, 9.17) is 9.47 Å². The third-order valence-corrected chi connectivity index (χ3v) is 3.83. The van der Waals surface area contributed by atoms with Gasteiger partial charge in [0.2, 0.25) is 0 Å². The molecule has 21 heavy (non-hydrogen) atoms. The predicted molar refractivity (Wildman–Crippen MR) is 84.8 cm³/mol. The molecule has 0 aliphatic carbocycles. The molecule has 0 fully saturated rings. The van der Waals surface area contributed by atoms with Crippen LogP contribution in [-0.4, -0.2) is 0 Å². The topological polar surface area (TPSA) is 18.5 Å².